The van der Waals surface area contributed by atoms with Crippen molar-refractivity contribution in [1.82, 2.24) is 0 Å². The summed E-state index contributed by atoms with van der Waals surface area (Å²) < 4.78 is 6.30. The third kappa shape index (κ3) is 3.95. The quantitative estimate of drug-likeness (QED) is 0.248. The molecule has 0 unspecified atom stereocenters. The zero-order valence-electron chi connectivity index (χ0n) is 16.8. The van der Waals surface area contributed by atoms with Crippen molar-refractivity contribution < 1.29 is 19.1 Å². The van der Waals surface area contributed by atoms with E-state index in [2.05, 4.69) is 0 Å². The molecule has 1 aliphatic heterocycles. The molecule has 0 spiro atoms. The molecule has 5 nitrogen and oxygen atoms in total. The summed E-state index contributed by atoms with van der Waals surface area (Å²) in [5.41, 5.74) is 1.29. The minimum Gasteiger partial charge on any atom is -0.478 e. The number of carbonyl (C=O) groups is 2. The smallest absolute Gasteiger partial charge is 0.335 e. The van der Waals surface area contributed by atoms with Gasteiger partial charge in [0, 0.05) is 17.0 Å². The first kappa shape index (κ1) is 21.5. The maximum Gasteiger partial charge on any atom is 0.335 e. The van der Waals surface area contributed by atoms with E-state index < -0.39 is 5.97 Å². The van der Waals surface area contributed by atoms with Crippen LogP contribution < -0.4 is 4.90 Å². The highest BCUT2D eigenvalue weighted by molar-refractivity contribution is 8.27. The lowest BCUT2D eigenvalue weighted by molar-refractivity contribution is -0.113. The number of hydrogen-bond acceptors (Lipinski definition) is 5. The van der Waals surface area contributed by atoms with Gasteiger partial charge >= 0.3 is 5.97 Å². The van der Waals surface area contributed by atoms with Crippen LogP contribution in [0.4, 0.5) is 5.69 Å². The van der Waals surface area contributed by atoms with Crippen molar-refractivity contribution in [2.75, 3.05) is 4.90 Å². The van der Waals surface area contributed by atoms with Gasteiger partial charge in [0.25, 0.3) is 5.91 Å². The number of carboxylic acids is 1. The fraction of sp³-hybridized carbons (Fsp3) is 0. The van der Waals surface area contributed by atoms with Gasteiger partial charge in [0.15, 0.2) is 4.32 Å². The zero-order chi connectivity index (χ0) is 23.1. The molecule has 1 amide bonds. The maximum absolute atomic E-state index is 13.2. The highest BCUT2D eigenvalue weighted by atomic mass is 35.5. The number of thioether (sulfide) groups is 1. The van der Waals surface area contributed by atoms with Crippen molar-refractivity contribution in [3.05, 3.63) is 94.0 Å². The van der Waals surface area contributed by atoms with Crippen molar-refractivity contribution in [3.8, 4) is 11.3 Å². The van der Waals surface area contributed by atoms with Crippen molar-refractivity contribution >= 4 is 74.3 Å². The van der Waals surface area contributed by atoms with Crippen LogP contribution in [0.2, 0.25) is 5.02 Å². The van der Waals surface area contributed by atoms with Crippen LogP contribution in [0.5, 0.6) is 0 Å². The Balaban J connectivity index is 1.48. The van der Waals surface area contributed by atoms with Crippen LogP contribution in [0.25, 0.3) is 28.2 Å². The first-order chi connectivity index (χ1) is 15.9. The summed E-state index contributed by atoms with van der Waals surface area (Å²) in [4.78, 5) is 26.5. The van der Waals surface area contributed by atoms with Gasteiger partial charge in [-0.1, -0.05) is 72.0 Å². The molecule has 0 aliphatic carbocycles. The highest BCUT2D eigenvalue weighted by Crippen LogP contribution is 2.39. The monoisotopic (exact) mass is 491 g/mol. The Hall–Kier alpha value is -3.39. The van der Waals surface area contributed by atoms with E-state index in [9.17, 15) is 14.7 Å². The SMILES string of the molecule is O=C(O)c1ccc(Cl)c(-c2ccc(/C=C3/SC(=S)N(c4cccc5ccccc45)C3=O)o2)c1. The number of amides is 1. The first-order valence-electron chi connectivity index (χ1n) is 9.81. The average molecular weight is 492 g/mol. The molecule has 0 saturated carbocycles. The second-order valence-corrected chi connectivity index (χ2v) is 9.30. The molecule has 1 aliphatic rings. The normalized spacial score (nSPS) is 15.1. The molecule has 1 aromatic heterocycles. The molecule has 3 aromatic carbocycles. The summed E-state index contributed by atoms with van der Waals surface area (Å²) >= 11 is 13.0. The minimum absolute atomic E-state index is 0.100. The van der Waals surface area contributed by atoms with Gasteiger partial charge in [0.05, 0.1) is 21.2 Å². The highest BCUT2D eigenvalue weighted by Gasteiger charge is 2.34. The van der Waals surface area contributed by atoms with Crippen LogP contribution in [0.3, 0.4) is 0 Å². The van der Waals surface area contributed by atoms with E-state index in [0.29, 0.717) is 31.3 Å². The zero-order valence-corrected chi connectivity index (χ0v) is 19.2. The van der Waals surface area contributed by atoms with E-state index in [1.807, 2.05) is 42.5 Å². The lowest BCUT2D eigenvalue weighted by Gasteiger charge is -2.17. The molecular weight excluding hydrogens is 478 g/mol. The van der Waals surface area contributed by atoms with Crippen LogP contribution in [-0.2, 0) is 4.79 Å². The topological polar surface area (TPSA) is 70.8 Å². The van der Waals surface area contributed by atoms with E-state index in [4.69, 9.17) is 28.2 Å². The molecule has 1 N–H and O–H groups in total. The second kappa shape index (κ2) is 8.51. The number of furan rings is 1. The van der Waals surface area contributed by atoms with Crippen molar-refractivity contribution in [3.63, 3.8) is 0 Å². The Morgan fingerprint density at radius 2 is 1.85 bits per heavy atom. The number of fused-ring (bicyclic) bond motifs is 1. The summed E-state index contributed by atoms with van der Waals surface area (Å²) in [5.74, 6) is -0.457. The predicted octanol–water partition coefficient (Wildman–Crippen LogP) is 6.86. The number of halogens is 1. The lowest BCUT2D eigenvalue weighted by atomic mass is 10.1. The molecule has 1 fully saturated rings. The summed E-state index contributed by atoms with van der Waals surface area (Å²) in [6.45, 7) is 0. The molecule has 162 valence electrons. The Labute approximate surface area is 203 Å². The van der Waals surface area contributed by atoms with Gasteiger partial charge in [-0.3, -0.25) is 9.69 Å². The van der Waals surface area contributed by atoms with Crippen LogP contribution in [-0.4, -0.2) is 21.3 Å². The number of thiocarbonyl (C=S) groups is 1. The molecule has 5 rings (SSSR count). The Morgan fingerprint density at radius 3 is 2.67 bits per heavy atom. The number of benzene rings is 3. The Morgan fingerprint density at radius 1 is 1.06 bits per heavy atom. The maximum atomic E-state index is 13.2. The van der Waals surface area contributed by atoms with Crippen molar-refractivity contribution in [1.29, 1.82) is 0 Å². The average Bonchev–Trinajstić information content (AvgIpc) is 3.37. The number of hydrogen-bond donors (Lipinski definition) is 1. The Bertz CT molecular complexity index is 1490. The number of anilines is 1. The largest absolute Gasteiger partial charge is 0.478 e. The summed E-state index contributed by atoms with van der Waals surface area (Å²) in [6.07, 6.45) is 1.63. The number of carboxylic acid groups (broad SMARTS) is 1. The third-order valence-corrected chi connectivity index (χ3v) is 6.81. The van der Waals surface area contributed by atoms with Crippen molar-refractivity contribution in [2.45, 2.75) is 0 Å². The molecule has 0 atom stereocenters. The van der Waals surface area contributed by atoms with Crippen molar-refractivity contribution in [2.24, 2.45) is 0 Å². The fourth-order valence-corrected chi connectivity index (χ4v) is 5.11. The van der Waals surface area contributed by atoms with Crippen LogP contribution in [0.1, 0.15) is 16.1 Å². The van der Waals surface area contributed by atoms with Gasteiger partial charge in [-0.2, -0.15) is 0 Å². The molecule has 8 heteroatoms. The summed E-state index contributed by atoms with van der Waals surface area (Å²) in [6, 6.07) is 21.3. The Kier molecular flexibility index (Phi) is 5.54. The third-order valence-electron chi connectivity index (χ3n) is 5.18. The molecular formula is C25H14ClNO4S2. The molecule has 4 aromatic rings. The van der Waals surface area contributed by atoms with E-state index in [1.165, 1.54) is 34.9 Å². The first-order valence-corrected chi connectivity index (χ1v) is 11.4. The molecule has 0 bridgehead atoms. The standard InChI is InChI=1S/C25H14ClNO4S2/c26-19-10-8-15(24(29)30)12-18(19)21-11-9-16(31-21)13-22-23(28)27(25(32)33-22)20-7-3-5-14-4-1-2-6-17(14)20/h1-13H,(H,29,30)/b22-13+. The molecule has 0 radical (unpaired) electrons. The van der Waals surface area contributed by atoms with Crippen LogP contribution in [0.15, 0.2) is 82.1 Å². The lowest BCUT2D eigenvalue weighted by Crippen LogP contribution is -2.27. The van der Waals surface area contributed by atoms with Crippen LogP contribution in [0, 0.1) is 0 Å². The van der Waals surface area contributed by atoms with Gasteiger partial charge in [-0.25, -0.2) is 4.79 Å². The van der Waals surface area contributed by atoms with E-state index in [-0.39, 0.29) is 11.5 Å². The van der Waals surface area contributed by atoms with Gasteiger partial charge < -0.3 is 9.52 Å². The van der Waals surface area contributed by atoms with E-state index >= 15 is 0 Å². The van der Waals surface area contributed by atoms with Gasteiger partial charge in [-0.05, 0) is 41.8 Å². The molecule has 2 heterocycles. The summed E-state index contributed by atoms with van der Waals surface area (Å²) in [5, 5.41) is 11.6. The predicted molar refractivity (Wildman–Crippen MR) is 136 cm³/mol. The molecule has 1 saturated heterocycles. The van der Waals surface area contributed by atoms with E-state index in [0.717, 1.165) is 16.5 Å². The number of aromatic carboxylic acids is 1. The number of rotatable bonds is 4. The second-order valence-electron chi connectivity index (χ2n) is 7.22. The fourth-order valence-electron chi connectivity index (χ4n) is 3.63. The molecule has 33 heavy (non-hydrogen) atoms. The number of carbonyl (C=O) groups excluding carboxylic acids is 1. The van der Waals surface area contributed by atoms with Crippen LogP contribution >= 0.6 is 35.6 Å². The van der Waals surface area contributed by atoms with Gasteiger partial charge in [-0.15, -0.1) is 0 Å². The van der Waals surface area contributed by atoms with Gasteiger partial charge in [0.1, 0.15) is 11.5 Å². The number of nitrogens with zero attached hydrogens (tertiary/aromatic N) is 1. The minimum atomic E-state index is -1.06. The summed E-state index contributed by atoms with van der Waals surface area (Å²) in [7, 11) is 0. The van der Waals surface area contributed by atoms with E-state index in [1.54, 1.807) is 18.2 Å². The van der Waals surface area contributed by atoms with Gasteiger partial charge in [0.2, 0.25) is 0 Å².